The minimum Gasteiger partial charge on any atom is -0.507 e. The molecule has 2 N–H and O–H groups in total. The Bertz CT molecular complexity index is 1370. The van der Waals surface area contributed by atoms with E-state index in [2.05, 4.69) is 15.2 Å². The summed E-state index contributed by atoms with van der Waals surface area (Å²) in [4.78, 5) is 19.5. The zero-order chi connectivity index (χ0) is 23.8. The van der Waals surface area contributed by atoms with E-state index in [1.165, 1.54) is 0 Å². The van der Waals surface area contributed by atoms with Gasteiger partial charge in [-0.2, -0.15) is 5.10 Å². The van der Waals surface area contributed by atoms with E-state index < -0.39 is 6.04 Å². The van der Waals surface area contributed by atoms with Crippen LogP contribution in [0.25, 0.3) is 11.3 Å². The molecule has 1 aliphatic rings. The molecule has 34 heavy (non-hydrogen) atoms. The van der Waals surface area contributed by atoms with E-state index >= 15 is 0 Å². The number of carbonyl (C=O) groups excluding carboxylic acids is 1. The van der Waals surface area contributed by atoms with Crippen molar-refractivity contribution < 1.29 is 19.4 Å². The van der Waals surface area contributed by atoms with Crippen molar-refractivity contribution in [2.45, 2.75) is 19.5 Å². The fraction of sp³-hybridized carbons (Fsp3) is 0.192. The molecule has 8 nitrogen and oxygen atoms in total. The van der Waals surface area contributed by atoms with E-state index in [1.807, 2.05) is 49.4 Å². The van der Waals surface area contributed by atoms with Crippen molar-refractivity contribution >= 4 is 5.91 Å². The first kappa shape index (κ1) is 21.5. The molecular weight excluding hydrogens is 432 g/mol. The van der Waals surface area contributed by atoms with Crippen LogP contribution >= 0.6 is 0 Å². The summed E-state index contributed by atoms with van der Waals surface area (Å²) in [6.07, 6.45) is 3.45. The first-order chi connectivity index (χ1) is 16.5. The number of aromatic nitrogens is 3. The number of rotatable bonds is 6. The lowest BCUT2D eigenvalue weighted by Gasteiger charge is -2.27. The highest BCUT2D eigenvalue weighted by Crippen LogP contribution is 2.46. The number of nitrogens with zero attached hydrogens (tertiary/aromatic N) is 3. The Morgan fingerprint density at radius 1 is 1.09 bits per heavy atom. The summed E-state index contributed by atoms with van der Waals surface area (Å²) in [5.41, 5.74) is 4.94. The van der Waals surface area contributed by atoms with Gasteiger partial charge in [0.05, 0.1) is 20.3 Å². The SMILES string of the molecule is COc1ccc([C@@H]2c3c(-c4cc(C)ccc4O)n[nH]c3C(=O)N2Cc2cccnc2)cc1OC. The average Bonchev–Trinajstić information content (AvgIpc) is 3.40. The molecule has 1 atom stereocenters. The molecule has 172 valence electrons. The summed E-state index contributed by atoms with van der Waals surface area (Å²) < 4.78 is 10.9. The average molecular weight is 457 g/mol. The normalized spacial score (nSPS) is 14.9. The van der Waals surface area contributed by atoms with Crippen molar-refractivity contribution in [3.05, 3.63) is 88.9 Å². The third-order valence-corrected chi connectivity index (χ3v) is 6.07. The lowest BCUT2D eigenvalue weighted by Crippen LogP contribution is -2.29. The number of aromatic hydroxyl groups is 1. The number of nitrogens with one attached hydrogen (secondary N) is 1. The Morgan fingerprint density at radius 2 is 1.91 bits per heavy atom. The third kappa shape index (κ3) is 3.53. The second kappa shape index (κ2) is 8.55. The van der Waals surface area contributed by atoms with E-state index in [-0.39, 0.29) is 11.7 Å². The summed E-state index contributed by atoms with van der Waals surface area (Å²) in [5.74, 6) is 1.08. The van der Waals surface area contributed by atoms with Crippen LogP contribution in [0.2, 0.25) is 0 Å². The van der Waals surface area contributed by atoms with Gasteiger partial charge >= 0.3 is 0 Å². The highest BCUT2D eigenvalue weighted by molar-refractivity contribution is 6.00. The lowest BCUT2D eigenvalue weighted by atomic mass is 9.94. The quantitative estimate of drug-likeness (QED) is 0.450. The van der Waals surface area contributed by atoms with Crippen molar-refractivity contribution in [1.82, 2.24) is 20.1 Å². The van der Waals surface area contributed by atoms with Crippen molar-refractivity contribution in [3.63, 3.8) is 0 Å². The van der Waals surface area contributed by atoms with Crippen LogP contribution in [0.15, 0.2) is 60.9 Å². The maximum absolute atomic E-state index is 13.6. The number of ether oxygens (including phenoxy) is 2. The summed E-state index contributed by atoms with van der Waals surface area (Å²) in [7, 11) is 3.16. The topological polar surface area (TPSA) is 101 Å². The van der Waals surface area contributed by atoms with E-state index in [9.17, 15) is 9.90 Å². The molecule has 0 saturated carbocycles. The first-order valence-corrected chi connectivity index (χ1v) is 10.8. The Balaban J connectivity index is 1.70. The monoisotopic (exact) mass is 456 g/mol. The maximum Gasteiger partial charge on any atom is 0.273 e. The molecule has 1 amide bonds. The third-order valence-electron chi connectivity index (χ3n) is 6.07. The van der Waals surface area contributed by atoms with Crippen LogP contribution in [-0.2, 0) is 6.54 Å². The van der Waals surface area contributed by atoms with Gasteiger partial charge in [-0.25, -0.2) is 0 Å². The van der Waals surface area contributed by atoms with Crippen LogP contribution in [0.5, 0.6) is 17.2 Å². The largest absolute Gasteiger partial charge is 0.507 e. The first-order valence-electron chi connectivity index (χ1n) is 10.8. The van der Waals surface area contributed by atoms with Gasteiger partial charge < -0.3 is 19.5 Å². The zero-order valence-electron chi connectivity index (χ0n) is 19.1. The molecular formula is C26H24N4O4. The highest BCUT2D eigenvalue weighted by Gasteiger charge is 2.42. The Kier molecular flexibility index (Phi) is 5.41. The van der Waals surface area contributed by atoms with Crippen molar-refractivity contribution in [2.24, 2.45) is 0 Å². The number of H-pyrrole nitrogens is 1. The molecule has 2 aromatic heterocycles. The van der Waals surface area contributed by atoms with Crippen LogP contribution in [0.4, 0.5) is 0 Å². The fourth-order valence-electron chi connectivity index (χ4n) is 4.46. The Morgan fingerprint density at radius 3 is 2.65 bits per heavy atom. The molecule has 0 fully saturated rings. The minimum atomic E-state index is -0.462. The van der Waals surface area contributed by atoms with Gasteiger partial charge in [0.2, 0.25) is 0 Å². The number of pyridine rings is 1. The van der Waals surface area contributed by atoms with Gasteiger partial charge in [0, 0.05) is 30.1 Å². The number of hydrogen-bond donors (Lipinski definition) is 2. The van der Waals surface area contributed by atoms with E-state index in [0.29, 0.717) is 40.6 Å². The summed E-state index contributed by atoms with van der Waals surface area (Å²) in [6, 6.07) is 14.3. The lowest BCUT2D eigenvalue weighted by molar-refractivity contribution is 0.0729. The number of benzene rings is 2. The molecule has 5 rings (SSSR count). The molecule has 0 unspecified atom stereocenters. The minimum absolute atomic E-state index is 0.101. The fourth-order valence-corrected chi connectivity index (χ4v) is 4.46. The standard InChI is InChI=1S/C26H24N4O4/c1-15-6-8-19(31)18(11-15)23-22-24(29-28-23)26(32)30(14-16-5-4-10-27-13-16)25(22)17-7-9-20(33-2)21(12-17)34-3/h4-13,25,31H,14H2,1-3H3,(H,28,29)/t25-/m1/s1. The van der Waals surface area contributed by atoms with Crippen molar-refractivity contribution in [3.8, 4) is 28.5 Å². The molecule has 2 aromatic carbocycles. The van der Waals surface area contributed by atoms with E-state index in [0.717, 1.165) is 16.7 Å². The summed E-state index contributed by atoms with van der Waals surface area (Å²) in [5, 5.41) is 18.0. The molecule has 8 heteroatoms. The number of carbonyl (C=O) groups is 1. The molecule has 0 radical (unpaired) electrons. The van der Waals surface area contributed by atoms with Gasteiger partial charge in [0.25, 0.3) is 5.91 Å². The molecule has 1 aliphatic heterocycles. The number of hydrogen-bond acceptors (Lipinski definition) is 6. The molecule has 3 heterocycles. The second-order valence-electron chi connectivity index (χ2n) is 8.19. The van der Waals surface area contributed by atoms with E-state index in [1.54, 1.807) is 37.6 Å². The van der Waals surface area contributed by atoms with Crippen LogP contribution in [0.3, 0.4) is 0 Å². The number of fused-ring (bicyclic) bond motifs is 1. The number of aromatic amines is 1. The van der Waals surface area contributed by atoms with Crippen LogP contribution in [0, 0.1) is 6.92 Å². The Labute approximate surface area is 196 Å². The smallest absolute Gasteiger partial charge is 0.273 e. The summed E-state index contributed by atoms with van der Waals surface area (Å²) in [6.45, 7) is 2.30. The predicted molar refractivity (Wildman–Crippen MR) is 126 cm³/mol. The van der Waals surface area contributed by atoms with Gasteiger partial charge in [0.1, 0.15) is 17.1 Å². The van der Waals surface area contributed by atoms with Crippen LogP contribution in [-0.4, -0.2) is 45.3 Å². The number of aryl methyl sites for hydroxylation is 1. The van der Waals surface area contributed by atoms with Crippen molar-refractivity contribution in [2.75, 3.05) is 14.2 Å². The molecule has 0 aliphatic carbocycles. The van der Waals surface area contributed by atoms with Gasteiger partial charge in [-0.3, -0.25) is 14.9 Å². The predicted octanol–water partition coefficient (Wildman–Crippen LogP) is 4.25. The van der Waals surface area contributed by atoms with E-state index in [4.69, 9.17) is 9.47 Å². The van der Waals surface area contributed by atoms with Crippen LogP contribution in [0.1, 0.15) is 38.8 Å². The van der Waals surface area contributed by atoms with Gasteiger partial charge in [0.15, 0.2) is 11.5 Å². The van der Waals surface area contributed by atoms with Gasteiger partial charge in [-0.15, -0.1) is 0 Å². The number of phenolic OH excluding ortho intramolecular Hbond substituents is 1. The molecule has 4 aromatic rings. The maximum atomic E-state index is 13.6. The van der Waals surface area contributed by atoms with Crippen LogP contribution < -0.4 is 9.47 Å². The molecule has 0 spiro atoms. The number of amides is 1. The zero-order valence-corrected chi connectivity index (χ0v) is 19.1. The molecule has 0 bridgehead atoms. The number of phenols is 1. The second-order valence-corrected chi connectivity index (χ2v) is 8.19. The van der Waals surface area contributed by atoms with Gasteiger partial charge in [-0.1, -0.05) is 23.8 Å². The van der Waals surface area contributed by atoms with Gasteiger partial charge in [-0.05, 0) is 48.4 Å². The molecule has 0 saturated heterocycles. The number of methoxy groups -OCH3 is 2. The highest BCUT2D eigenvalue weighted by atomic mass is 16.5. The van der Waals surface area contributed by atoms with Crippen molar-refractivity contribution in [1.29, 1.82) is 0 Å². The Hall–Kier alpha value is -4.33. The summed E-state index contributed by atoms with van der Waals surface area (Å²) >= 11 is 0.